The standard InChI is InChI=1S/C22H27N9O/c1-32-17-10-9-15-13-18(21-23-25-28-31(21)19(15)14-17)20(29-11-5-6-12-29)22-24-26-27-30(22)16-7-3-2-4-8-16/h9-10,13-14,16,20H,2-8,11-12H2,1H3/t20-/m1/s1. The van der Waals surface area contributed by atoms with E-state index in [-0.39, 0.29) is 6.04 Å². The molecule has 0 amide bonds. The van der Waals surface area contributed by atoms with Crippen LogP contribution in [0.2, 0.25) is 0 Å². The highest BCUT2D eigenvalue weighted by atomic mass is 16.5. The van der Waals surface area contributed by atoms with E-state index in [1.165, 1.54) is 32.1 Å². The van der Waals surface area contributed by atoms with Crippen LogP contribution < -0.4 is 4.74 Å². The molecule has 6 rings (SSSR count). The highest BCUT2D eigenvalue weighted by Gasteiger charge is 2.34. The molecular weight excluding hydrogens is 406 g/mol. The van der Waals surface area contributed by atoms with E-state index in [0.717, 1.165) is 59.6 Å². The lowest BCUT2D eigenvalue weighted by Crippen LogP contribution is -2.31. The summed E-state index contributed by atoms with van der Waals surface area (Å²) in [5.74, 6) is 1.68. The molecule has 0 spiro atoms. The monoisotopic (exact) mass is 433 g/mol. The molecule has 3 aromatic heterocycles. The number of tetrazole rings is 2. The van der Waals surface area contributed by atoms with Gasteiger partial charge in [0.25, 0.3) is 0 Å². The first-order valence-electron chi connectivity index (χ1n) is 11.5. The third kappa shape index (κ3) is 3.21. The van der Waals surface area contributed by atoms with Crippen molar-refractivity contribution in [1.29, 1.82) is 0 Å². The maximum Gasteiger partial charge on any atom is 0.185 e. The number of ether oxygens (including phenoxy) is 1. The van der Waals surface area contributed by atoms with Gasteiger partial charge in [-0.05, 0) is 77.8 Å². The lowest BCUT2D eigenvalue weighted by atomic mass is 9.95. The Kier molecular flexibility index (Phi) is 4.94. The van der Waals surface area contributed by atoms with Crippen LogP contribution in [0, 0.1) is 0 Å². The summed E-state index contributed by atoms with van der Waals surface area (Å²) in [4.78, 5) is 2.48. The molecule has 0 bridgehead atoms. The van der Waals surface area contributed by atoms with E-state index in [1.807, 2.05) is 16.6 Å². The van der Waals surface area contributed by atoms with Crippen molar-refractivity contribution in [3.63, 3.8) is 0 Å². The van der Waals surface area contributed by atoms with Gasteiger partial charge in [-0.3, -0.25) is 4.90 Å². The first-order valence-corrected chi connectivity index (χ1v) is 11.5. The molecule has 4 heterocycles. The molecule has 2 aliphatic rings. The summed E-state index contributed by atoms with van der Waals surface area (Å²) in [6.45, 7) is 2.02. The quantitative estimate of drug-likeness (QED) is 0.474. The van der Waals surface area contributed by atoms with Crippen molar-refractivity contribution in [1.82, 2.24) is 45.1 Å². The van der Waals surface area contributed by atoms with Gasteiger partial charge in [-0.25, -0.2) is 4.68 Å². The van der Waals surface area contributed by atoms with Gasteiger partial charge in [-0.15, -0.1) is 10.2 Å². The second-order valence-electron chi connectivity index (χ2n) is 8.86. The normalized spacial score (nSPS) is 19.2. The Morgan fingerprint density at radius 3 is 2.56 bits per heavy atom. The third-order valence-corrected chi connectivity index (χ3v) is 6.99. The van der Waals surface area contributed by atoms with E-state index in [9.17, 15) is 0 Å². The van der Waals surface area contributed by atoms with Crippen LogP contribution >= 0.6 is 0 Å². The molecule has 0 unspecified atom stereocenters. The number of benzene rings is 1. The molecule has 32 heavy (non-hydrogen) atoms. The van der Waals surface area contributed by atoms with Crippen molar-refractivity contribution >= 4 is 16.6 Å². The fourth-order valence-electron chi connectivity index (χ4n) is 5.38. The third-order valence-electron chi connectivity index (χ3n) is 6.99. The van der Waals surface area contributed by atoms with Crippen molar-refractivity contribution in [3.8, 4) is 5.75 Å². The van der Waals surface area contributed by atoms with E-state index in [4.69, 9.17) is 4.74 Å². The zero-order valence-electron chi connectivity index (χ0n) is 18.3. The summed E-state index contributed by atoms with van der Waals surface area (Å²) >= 11 is 0. The zero-order valence-corrected chi connectivity index (χ0v) is 18.3. The summed E-state index contributed by atoms with van der Waals surface area (Å²) in [6, 6.07) is 8.47. The first-order chi connectivity index (χ1) is 15.8. The Labute approximate surface area is 185 Å². The summed E-state index contributed by atoms with van der Waals surface area (Å²) in [6.07, 6.45) is 8.36. The Morgan fingerprint density at radius 1 is 0.938 bits per heavy atom. The van der Waals surface area contributed by atoms with Gasteiger partial charge in [0, 0.05) is 17.0 Å². The maximum absolute atomic E-state index is 5.43. The van der Waals surface area contributed by atoms with Gasteiger partial charge in [0.2, 0.25) is 0 Å². The second-order valence-corrected chi connectivity index (χ2v) is 8.86. The fourth-order valence-corrected chi connectivity index (χ4v) is 5.38. The van der Waals surface area contributed by atoms with Gasteiger partial charge >= 0.3 is 0 Å². The minimum absolute atomic E-state index is 0.0885. The SMILES string of the molecule is COc1ccc2cc([C@H](c3nnnn3C3CCCCC3)N3CCCC3)c3nnnn3c2c1. The van der Waals surface area contributed by atoms with Crippen molar-refractivity contribution in [2.24, 2.45) is 0 Å². The number of nitrogens with zero attached hydrogens (tertiary/aromatic N) is 9. The molecule has 166 valence electrons. The largest absolute Gasteiger partial charge is 0.497 e. The van der Waals surface area contributed by atoms with Gasteiger partial charge < -0.3 is 4.74 Å². The van der Waals surface area contributed by atoms with Gasteiger partial charge in [-0.1, -0.05) is 19.3 Å². The molecule has 10 heteroatoms. The topological polar surface area (TPSA) is 99.2 Å². The fraction of sp³-hybridized carbons (Fsp3) is 0.545. The van der Waals surface area contributed by atoms with Crippen LogP contribution in [0.5, 0.6) is 5.75 Å². The Balaban J connectivity index is 1.54. The van der Waals surface area contributed by atoms with E-state index in [2.05, 4.69) is 52.8 Å². The Morgan fingerprint density at radius 2 is 1.75 bits per heavy atom. The van der Waals surface area contributed by atoms with Crippen molar-refractivity contribution in [2.75, 3.05) is 20.2 Å². The maximum atomic E-state index is 5.43. The van der Waals surface area contributed by atoms with Crippen LogP contribution in [-0.2, 0) is 0 Å². The lowest BCUT2D eigenvalue weighted by molar-refractivity contribution is 0.245. The van der Waals surface area contributed by atoms with Gasteiger partial charge in [0.1, 0.15) is 11.8 Å². The number of aromatic nitrogens is 8. The number of hydrogen-bond acceptors (Lipinski definition) is 8. The summed E-state index contributed by atoms with van der Waals surface area (Å²) in [7, 11) is 1.67. The number of pyridine rings is 1. The molecule has 10 nitrogen and oxygen atoms in total. The number of rotatable bonds is 5. The Bertz CT molecular complexity index is 1240. The smallest absolute Gasteiger partial charge is 0.185 e. The molecule has 1 aromatic carbocycles. The molecule has 1 aliphatic heterocycles. The van der Waals surface area contributed by atoms with Crippen LogP contribution in [0.4, 0.5) is 0 Å². The summed E-state index contributed by atoms with van der Waals surface area (Å²) in [5, 5.41) is 27.0. The van der Waals surface area contributed by atoms with Crippen molar-refractivity contribution in [2.45, 2.75) is 57.0 Å². The van der Waals surface area contributed by atoms with Crippen LogP contribution in [-0.4, -0.2) is 65.3 Å². The molecule has 1 saturated heterocycles. The molecule has 1 saturated carbocycles. The molecule has 0 N–H and O–H groups in total. The molecule has 4 aromatic rings. The zero-order chi connectivity index (χ0) is 21.5. The molecule has 1 atom stereocenters. The predicted octanol–water partition coefficient (Wildman–Crippen LogP) is 2.96. The predicted molar refractivity (Wildman–Crippen MR) is 117 cm³/mol. The lowest BCUT2D eigenvalue weighted by Gasteiger charge is -2.30. The van der Waals surface area contributed by atoms with Gasteiger partial charge in [0.15, 0.2) is 11.5 Å². The van der Waals surface area contributed by atoms with E-state index in [0.29, 0.717) is 6.04 Å². The highest BCUT2D eigenvalue weighted by molar-refractivity contribution is 5.84. The minimum atomic E-state index is -0.0885. The van der Waals surface area contributed by atoms with Crippen molar-refractivity contribution in [3.05, 3.63) is 35.7 Å². The van der Waals surface area contributed by atoms with E-state index >= 15 is 0 Å². The van der Waals surface area contributed by atoms with Crippen LogP contribution in [0.3, 0.4) is 0 Å². The second kappa shape index (κ2) is 8.09. The van der Waals surface area contributed by atoms with Gasteiger partial charge in [-0.2, -0.15) is 4.52 Å². The summed E-state index contributed by atoms with van der Waals surface area (Å²) < 4.78 is 9.32. The highest BCUT2D eigenvalue weighted by Crippen LogP contribution is 2.37. The number of methoxy groups -OCH3 is 1. The van der Waals surface area contributed by atoms with E-state index in [1.54, 1.807) is 7.11 Å². The average molecular weight is 434 g/mol. The van der Waals surface area contributed by atoms with E-state index < -0.39 is 0 Å². The molecule has 1 aliphatic carbocycles. The molecular formula is C22H27N9O. The van der Waals surface area contributed by atoms with Crippen LogP contribution in [0.15, 0.2) is 24.3 Å². The summed E-state index contributed by atoms with van der Waals surface area (Å²) in [5.41, 5.74) is 2.70. The number of fused-ring (bicyclic) bond motifs is 3. The average Bonchev–Trinajstić information content (AvgIpc) is 3.62. The number of hydrogen-bond donors (Lipinski definition) is 0. The minimum Gasteiger partial charge on any atom is -0.497 e. The molecule has 0 radical (unpaired) electrons. The number of likely N-dealkylation sites (tertiary alicyclic amines) is 1. The Hall–Kier alpha value is -3.14. The molecule has 2 fully saturated rings. The van der Waals surface area contributed by atoms with Crippen LogP contribution in [0.1, 0.15) is 68.4 Å². The van der Waals surface area contributed by atoms with Crippen LogP contribution in [0.25, 0.3) is 16.6 Å². The van der Waals surface area contributed by atoms with Gasteiger partial charge in [0.05, 0.1) is 18.7 Å². The first kappa shape index (κ1) is 19.5. The van der Waals surface area contributed by atoms with Crippen molar-refractivity contribution < 1.29 is 4.74 Å².